The van der Waals surface area contributed by atoms with Gasteiger partial charge in [-0.1, -0.05) is 37.3 Å². The van der Waals surface area contributed by atoms with Crippen LogP contribution in [0.5, 0.6) is 0 Å². The third-order valence-electron chi connectivity index (χ3n) is 4.91. The zero-order chi connectivity index (χ0) is 20.6. The zero-order valence-electron chi connectivity index (χ0n) is 17.0. The van der Waals surface area contributed by atoms with Crippen molar-refractivity contribution in [1.82, 2.24) is 14.9 Å². The highest BCUT2D eigenvalue weighted by molar-refractivity contribution is 5.95. The van der Waals surface area contributed by atoms with Crippen LogP contribution in [0.15, 0.2) is 58.0 Å². The van der Waals surface area contributed by atoms with Gasteiger partial charge in [0.05, 0.1) is 0 Å². The summed E-state index contributed by atoms with van der Waals surface area (Å²) in [5.41, 5.74) is 1.34. The minimum absolute atomic E-state index is 0.0883. The Balaban J connectivity index is 1.55. The van der Waals surface area contributed by atoms with Crippen LogP contribution in [0.25, 0.3) is 0 Å². The fourth-order valence-electron chi connectivity index (χ4n) is 3.38. The molecule has 1 N–H and O–H groups in total. The van der Waals surface area contributed by atoms with Crippen molar-refractivity contribution in [2.24, 2.45) is 0 Å². The van der Waals surface area contributed by atoms with Crippen molar-refractivity contribution in [3.63, 3.8) is 0 Å². The summed E-state index contributed by atoms with van der Waals surface area (Å²) < 4.78 is 7.48. The second-order valence-electron chi connectivity index (χ2n) is 7.04. The SMILES string of the molecule is CCc1nccn1CCCNC(=O)c1c(C)cc(CCc2ccccc2)oc1=O. The van der Waals surface area contributed by atoms with E-state index in [1.165, 1.54) is 5.56 Å². The number of rotatable bonds is 9. The first-order valence-corrected chi connectivity index (χ1v) is 10.0. The minimum Gasteiger partial charge on any atom is -0.427 e. The monoisotopic (exact) mass is 393 g/mol. The van der Waals surface area contributed by atoms with Crippen molar-refractivity contribution in [3.05, 3.63) is 87.5 Å². The van der Waals surface area contributed by atoms with Crippen LogP contribution in [0.2, 0.25) is 0 Å². The Morgan fingerprint density at radius 1 is 1.21 bits per heavy atom. The molecule has 0 fully saturated rings. The van der Waals surface area contributed by atoms with Gasteiger partial charge in [-0.05, 0) is 37.0 Å². The van der Waals surface area contributed by atoms with Crippen LogP contribution < -0.4 is 10.9 Å². The minimum atomic E-state index is -0.576. The predicted molar refractivity (Wildman–Crippen MR) is 112 cm³/mol. The van der Waals surface area contributed by atoms with Crippen molar-refractivity contribution in [3.8, 4) is 0 Å². The molecule has 1 amide bonds. The Hall–Kier alpha value is -3.15. The lowest BCUT2D eigenvalue weighted by Crippen LogP contribution is -2.31. The van der Waals surface area contributed by atoms with Gasteiger partial charge in [-0.15, -0.1) is 0 Å². The number of nitrogens with zero attached hydrogens (tertiary/aromatic N) is 2. The standard InChI is InChI=1S/C23H27N3O3/c1-3-20-24-13-15-26(20)14-7-12-25-22(27)21-17(2)16-19(29-23(21)28)11-10-18-8-5-4-6-9-18/h4-6,8-9,13,15-16H,3,7,10-12,14H2,1-2H3,(H,25,27). The summed E-state index contributed by atoms with van der Waals surface area (Å²) in [4.78, 5) is 29.1. The van der Waals surface area contributed by atoms with Crippen molar-refractivity contribution >= 4 is 5.91 Å². The number of carbonyl (C=O) groups is 1. The lowest BCUT2D eigenvalue weighted by atomic mass is 10.1. The third kappa shape index (κ3) is 5.44. The molecule has 29 heavy (non-hydrogen) atoms. The molecule has 152 valence electrons. The maximum absolute atomic E-state index is 12.5. The van der Waals surface area contributed by atoms with Crippen LogP contribution in [0.4, 0.5) is 0 Å². The molecule has 6 nitrogen and oxygen atoms in total. The number of nitrogens with one attached hydrogen (secondary N) is 1. The third-order valence-corrected chi connectivity index (χ3v) is 4.91. The number of amides is 1. The molecule has 0 aliphatic rings. The molecule has 3 aromatic rings. The van der Waals surface area contributed by atoms with E-state index in [0.29, 0.717) is 24.3 Å². The fourth-order valence-corrected chi connectivity index (χ4v) is 3.38. The van der Waals surface area contributed by atoms with Gasteiger partial charge in [0.1, 0.15) is 17.1 Å². The molecule has 3 rings (SSSR count). The summed E-state index contributed by atoms with van der Waals surface area (Å²) in [5, 5.41) is 2.83. The van der Waals surface area contributed by atoms with E-state index in [9.17, 15) is 9.59 Å². The van der Waals surface area contributed by atoms with Crippen molar-refractivity contribution < 1.29 is 9.21 Å². The fraction of sp³-hybridized carbons (Fsp3) is 0.348. The number of imidazole rings is 1. The smallest absolute Gasteiger partial charge is 0.349 e. The van der Waals surface area contributed by atoms with Gasteiger partial charge in [0.25, 0.3) is 5.91 Å². The normalized spacial score (nSPS) is 10.8. The zero-order valence-corrected chi connectivity index (χ0v) is 17.0. The molecule has 1 aromatic carbocycles. The topological polar surface area (TPSA) is 77.1 Å². The lowest BCUT2D eigenvalue weighted by molar-refractivity contribution is 0.0947. The Morgan fingerprint density at radius 3 is 2.72 bits per heavy atom. The molecule has 0 radical (unpaired) electrons. The molecular weight excluding hydrogens is 366 g/mol. The Labute approximate surface area is 170 Å². The molecule has 0 bridgehead atoms. The number of carbonyl (C=O) groups excluding carboxylic acids is 1. The van der Waals surface area contributed by atoms with Crippen LogP contribution in [0.3, 0.4) is 0 Å². The van der Waals surface area contributed by atoms with Gasteiger partial charge in [0.15, 0.2) is 0 Å². The Kier molecular flexibility index (Phi) is 7.00. The summed E-state index contributed by atoms with van der Waals surface area (Å²) in [6.45, 7) is 5.09. The number of aromatic nitrogens is 2. The first-order chi connectivity index (χ1) is 14.1. The highest BCUT2D eigenvalue weighted by Crippen LogP contribution is 2.10. The average Bonchev–Trinajstić information content (AvgIpc) is 3.17. The maximum Gasteiger partial charge on any atom is 0.349 e. The van der Waals surface area contributed by atoms with E-state index >= 15 is 0 Å². The van der Waals surface area contributed by atoms with E-state index in [4.69, 9.17) is 4.42 Å². The predicted octanol–water partition coefficient (Wildman–Crippen LogP) is 3.31. The highest BCUT2D eigenvalue weighted by Gasteiger charge is 2.16. The van der Waals surface area contributed by atoms with Gasteiger partial charge >= 0.3 is 5.63 Å². The largest absolute Gasteiger partial charge is 0.427 e. The van der Waals surface area contributed by atoms with Crippen LogP contribution in [-0.2, 0) is 25.8 Å². The van der Waals surface area contributed by atoms with Crippen molar-refractivity contribution in [2.75, 3.05) is 6.54 Å². The van der Waals surface area contributed by atoms with Gasteiger partial charge < -0.3 is 14.3 Å². The lowest BCUT2D eigenvalue weighted by Gasteiger charge is -2.09. The van der Waals surface area contributed by atoms with Gasteiger partial charge in [-0.3, -0.25) is 4.79 Å². The van der Waals surface area contributed by atoms with Gasteiger partial charge in [-0.2, -0.15) is 0 Å². The van der Waals surface area contributed by atoms with E-state index in [1.807, 2.05) is 36.5 Å². The molecule has 6 heteroatoms. The van der Waals surface area contributed by atoms with Gasteiger partial charge in [-0.25, -0.2) is 9.78 Å². The van der Waals surface area contributed by atoms with E-state index in [0.717, 1.165) is 31.6 Å². The maximum atomic E-state index is 12.5. The quantitative estimate of drug-likeness (QED) is 0.566. The molecule has 0 aliphatic carbocycles. The van der Waals surface area contributed by atoms with Crippen LogP contribution in [0, 0.1) is 6.92 Å². The van der Waals surface area contributed by atoms with E-state index < -0.39 is 5.63 Å². The Bertz CT molecular complexity index is 1010. The van der Waals surface area contributed by atoms with Crippen LogP contribution in [-0.4, -0.2) is 22.0 Å². The second kappa shape index (κ2) is 9.87. The summed E-state index contributed by atoms with van der Waals surface area (Å²) in [6, 6.07) is 11.8. The summed E-state index contributed by atoms with van der Waals surface area (Å²) in [6.07, 6.45) is 6.75. The molecular formula is C23H27N3O3. The molecule has 0 saturated heterocycles. The van der Waals surface area contributed by atoms with E-state index in [1.54, 1.807) is 19.2 Å². The summed E-state index contributed by atoms with van der Waals surface area (Å²) in [7, 11) is 0. The Morgan fingerprint density at radius 2 is 2.00 bits per heavy atom. The van der Waals surface area contributed by atoms with E-state index in [2.05, 4.69) is 21.8 Å². The second-order valence-corrected chi connectivity index (χ2v) is 7.04. The van der Waals surface area contributed by atoms with Crippen molar-refractivity contribution in [1.29, 1.82) is 0 Å². The number of hydrogen-bond donors (Lipinski definition) is 1. The molecule has 0 atom stereocenters. The molecule has 0 aliphatic heterocycles. The highest BCUT2D eigenvalue weighted by atomic mass is 16.4. The van der Waals surface area contributed by atoms with Gasteiger partial charge in [0.2, 0.25) is 0 Å². The average molecular weight is 393 g/mol. The van der Waals surface area contributed by atoms with Gasteiger partial charge in [0, 0.05) is 38.3 Å². The number of benzene rings is 1. The van der Waals surface area contributed by atoms with Crippen LogP contribution >= 0.6 is 0 Å². The van der Waals surface area contributed by atoms with Crippen molar-refractivity contribution in [2.45, 2.75) is 46.1 Å². The number of hydrogen-bond acceptors (Lipinski definition) is 4. The first-order valence-electron chi connectivity index (χ1n) is 10.0. The first kappa shape index (κ1) is 20.6. The molecule has 0 saturated carbocycles. The molecule has 0 unspecified atom stereocenters. The molecule has 2 heterocycles. The number of aryl methyl sites for hydroxylation is 5. The van der Waals surface area contributed by atoms with Crippen LogP contribution in [0.1, 0.15) is 46.4 Å². The van der Waals surface area contributed by atoms with E-state index in [-0.39, 0.29) is 11.5 Å². The molecule has 2 aromatic heterocycles. The summed E-state index contributed by atoms with van der Waals surface area (Å²) >= 11 is 0. The molecule has 0 spiro atoms. The summed E-state index contributed by atoms with van der Waals surface area (Å²) in [5.74, 6) is 1.24.